The van der Waals surface area contributed by atoms with Gasteiger partial charge in [0.15, 0.2) is 5.96 Å². The molecule has 0 aliphatic carbocycles. The second-order valence-electron chi connectivity index (χ2n) is 5.94. The lowest BCUT2D eigenvalue weighted by Crippen LogP contribution is -2.39. The molecular formula is C19H28ClIN4O. The van der Waals surface area contributed by atoms with E-state index in [1.165, 1.54) is 5.69 Å². The molecule has 0 aliphatic rings. The Labute approximate surface area is 178 Å². The molecule has 1 N–H and O–H groups in total. The molecule has 0 aliphatic heterocycles. The number of nitrogens with one attached hydrogen (secondary N) is 1. The van der Waals surface area contributed by atoms with Crippen LogP contribution in [0.3, 0.4) is 0 Å². The van der Waals surface area contributed by atoms with Gasteiger partial charge in [0.25, 0.3) is 0 Å². The van der Waals surface area contributed by atoms with Gasteiger partial charge in [0.2, 0.25) is 0 Å². The third-order valence-corrected chi connectivity index (χ3v) is 4.29. The second kappa shape index (κ2) is 11.5. The largest absolute Gasteiger partial charge is 0.375 e. The van der Waals surface area contributed by atoms with E-state index in [1.54, 1.807) is 7.11 Å². The van der Waals surface area contributed by atoms with Crippen LogP contribution >= 0.6 is 35.6 Å². The second-order valence-corrected chi connectivity index (χ2v) is 6.38. The molecule has 2 rings (SSSR count). The first-order valence-corrected chi connectivity index (χ1v) is 8.80. The number of methoxy groups -OCH3 is 1. The lowest BCUT2D eigenvalue weighted by Gasteiger charge is -2.23. The third kappa shape index (κ3) is 6.48. The number of hydrogen-bond acceptors (Lipinski definition) is 2. The molecule has 0 amide bonds. The summed E-state index contributed by atoms with van der Waals surface area (Å²) in [6.07, 6.45) is 1.92. The number of aliphatic imine (C=N–C) groups is 1. The molecule has 1 aromatic heterocycles. The van der Waals surface area contributed by atoms with E-state index < -0.39 is 0 Å². The number of benzene rings is 1. The van der Waals surface area contributed by atoms with Crippen molar-refractivity contribution in [3.8, 4) is 0 Å². The van der Waals surface area contributed by atoms with E-state index in [9.17, 15) is 0 Å². The highest BCUT2D eigenvalue weighted by Crippen LogP contribution is 2.20. The Kier molecular flexibility index (Phi) is 10.0. The van der Waals surface area contributed by atoms with Crippen LogP contribution < -0.4 is 5.32 Å². The minimum absolute atomic E-state index is 0. The summed E-state index contributed by atoms with van der Waals surface area (Å²) in [4.78, 5) is 6.87. The van der Waals surface area contributed by atoms with Crippen molar-refractivity contribution in [2.24, 2.45) is 12.0 Å². The topological polar surface area (TPSA) is 41.8 Å². The van der Waals surface area contributed by atoms with Crippen molar-refractivity contribution in [2.75, 3.05) is 27.2 Å². The number of ether oxygens (including phenoxy) is 1. The van der Waals surface area contributed by atoms with Gasteiger partial charge < -0.3 is 19.5 Å². The highest BCUT2D eigenvalue weighted by atomic mass is 127. The summed E-state index contributed by atoms with van der Waals surface area (Å²) in [5.74, 6) is 0.854. The van der Waals surface area contributed by atoms with E-state index >= 15 is 0 Å². The van der Waals surface area contributed by atoms with Gasteiger partial charge in [-0.3, -0.25) is 4.99 Å². The predicted molar refractivity (Wildman–Crippen MR) is 119 cm³/mol. The minimum Gasteiger partial charge on any atom is -0.375 e. The zero-order chi connectivity index (χ0) is 18.2. The van der Waals surface area contributed by atoms with Gasteiger partial charge in [-0.25, -0.2) is 0 Å². The summed E-state index contributed by atoms with van der Waals surface area (Å²) in [6.45, 7) is 4.18. The molecule has 26 heavy (non-hydrogen) atoms. The van der Waals surface area contributed by atoms with Crippen LogP contribution in [0.25, 0.3) is 0 Å². The zero-order valence-electron chi connectivity index (χ0n) is 15.8. The van der Waals surface area contributed by atoms with Gasteiger partial charge >= 0.3 is 0 Å². The first-order valence-electron chi connectivity index (χ1n) is 8.43. The van der Waals surface area contributed by atoms with E-state index in [0.717, 1.165) is 24.6 Å². The Morgan fingerprint density at radius 2 is 2.12 bits per heavy atom. The van der Waals surface area contributed by atoms with Gasteiger partial charge in [0.05, 0.1) is 13.1 Å². The van der Waals surface area contributed by atoms with Gasteiger partial charge in [0, 0.05) is 44.7 Å². The van der Waals surface area contributed by atoms with Crippen molar-refractivity contribution < 1.29 is 4.74 Å². The van der Waals surface area contributed by atoms with E-state index in [1.807, 2.05) is 50.6 Å². The van der Waals surface area contributed by atoms with Crippen LogP contribution in [-0.4, -0.2) is 42.7 Å². The van der Waals surface area contributed by atoms with E-state index in [2.05, 4.69) is 27.8 Å². The van der Waals surface area contributed by atoms with Crippen molar-refractivity contribution >= 4 is 41.5 Å². The summed E-state index contributed by atoms with van der Waals surface area (Å²) in [7, 11) is 5.78. The molecule has 0 saturated heterocycles. The van der Waals surface area contributed by atoms with Crippen LogP contribution in [-0.2, 0) is 18.3 Å². The van der Waals surface area contributed by atoms with Crippen LogP contribution in [0, 0.1) is 0 Å². The molecule has 5 nitrogen and oxygen atoms in total. The van der Waals surface area contributed by atoms with Gasteiger partial charge in [-0.15, -0.1) is 24.0 Å². The lowest BCUT2D eigenvalue weighted by molar-refractivity contribution is 0.110. The first-order chi connectivity index (χ1) is 12.0. The SMILES string of the molecule is CCNC(=NCC(OC)c1cccc(Cl)c1)N(C)Cc1cccn1C.I. The van der Waals surface area contributed by atoms with E-state index in [4.69, 9.17) is 21.3 Å². The average molecular weight is 491 g/mol. The van der Waals surface area contributed by atoms with E-state index in [0.29, 0.717) is 11.6 Å². The summed E-state index contributed by atoms with van der Waals surface area (Å²) in [5, 5.41) is 4.05. The number of nitrogens with zero attached hydrogens (tertiary/aromatic N) is 3. The molecule has 1 unspecified atom stereocenters. The number of aromatic nitrogens is 1. The van der Waals surface area contributed by atoms with Crippen molar-refractivity contribution in [1.29, 1.82) is 0 Å². The number of rotatable bonds is 7. The number of halogens is 2. The Morgan fingerprint density at radius 1 is 1.35 bits per heavy atom. The molecule has 0 fully saturated rings. The molecule has 7 heteroatoms. The molecule has 1 atom stereocenters. The monoisotopic (exact) mass is 490 g/mol. The van der Waals surface area contributed by atoms with Crippen LogP contribution in [0.2, 0.25) is 5.02 Å². The van der Waals surface area contributed by atoms with Crippen LogP contribution in [0.15, 0.2) is 47.6 Å². The molecule has 2 aromatic rings. The zero-order valence-corrected chi connectivity index (χ0v) is 18.9. The average Bonchev–Trinajstić information content (AvgIpc) is 2.99. The Hall–Kier alpha value is -1.25. The quantitative estimate of drug-likeness (QED) is 0.361. The summed E-state index contributed by atoms with van der Waals surface area (Å²) >= 11 is 6.09. The van der Waals surface area contributed by atoms with Crippen molar-refractivity contribution in [3.63, 3.8) is 0 Å². The van der Waals surface area contributed by atoms with Crippen LogP contribution in [0.5, 0.6) is 0 Å². The molecule has 0 saturated carbocycles. The van der Waals surface area contributed by atoms with Gasteiger partial charge in [-0.2, -0.15) is 0 Å². The maximum Gasteiger partial charge on any atom is 0.194 e. The van der Waals surface area contributed by atoms with Crippen LogP contribution in [0.4, 0.5) is 0 Å². The smallest absolute Gasteiger partial charge is 0.194 e. The fraction of sp³-hybridized carbons (Fsp3) is 0.421. The highest BCUT2D eigenvalue weighted by Gasteiger charge is 2.13. The third-order valence-electron chi connectivity index (χ3n) is 4.06. The maximum atomic E-state index is 6.09. The van der Waals surface area contributed by atoms with Crippen LogP contribution in [0.1, 0.15) is 24.3 Å². The fourth-order valence-electron chi connectivity index (χ4n) is 2.64. The normalized spacial score (nSPS) is 12.4. The fourth-order valence-corrected chi connectivity index (χ4v) is 2.84. The Balaban J connectivity index is 0.00000338. The number of guanidine groups is 1. The van der Waals surface area contributed by atoms with Gasteiger partial charge in [-0.05, 0) is 36.8 Å². The number of hydrogen-bond donors (Lipinski definition) is 1. The Morgan fingerprint density at radius 3 is 2.69 bits per heavy atom. The van der Waals surface area contributed by atoms with Gasteiger partial charge in [0.1, 0.15) is 6.10 Å². The Bertz CT molecular complexity index is 704. The lowest BCUT2D eigenvalue weighted by atomic mass is 10.1. The van der Waals surface area contributed by atoms with Crippen molar-refractivity contribution in [1.82, 2.24) is 14.8 Å². The maximum absolute atomic E-state index is 6.09. The number of aryl methyl sites for hydroxylation is 1. The molecule has 0 spiro atoms. The first kappa shape index (κ1) is 22.8. The molecule has 1 aromatic carbocycles. The molecule has 0 bridgehead atoms. The summed E-state index contributed by atoms with van der Waals surface area (Å²) in [6, 6.07) is 11.9. The minimum atomic E-state index is -0.129. The molecule has 144 valence electrons. The standard InChI is InChI=1S/C19H27ClN4O.HI/c1-5-21-19(24(3)14-17-10-7-11-23(17)2)22-13-18(25-4)15-8-6-9-16(20)12-15;/h6-12,18H,5,13-14H2,1-4H3,(H,21,22);1H. The van der Waals surface area contributed by atoms with E-state index in [-0.39, 0.29) is 30.1 Å². The predicted octanol–water partition coefficient (Wildman–Crippen LogP) is 4.08. The van der Waals surface area contributed by atoms with Crippen molar-refractivity contribution in [3.05, 3.63) is 58.9 Å². The molecular weight excluding hydrogens is 463 g/mol. The van der Waals surface area contributed by atoms with Crippen molar-refractivity contribution in [2.45, 2.75) is 19.6 Å². The molecule has 0 radical (unpaired) electrons. The van der Waals surface area contributed by atoms with Gasteiger partial charge in [-0.1, -0.05) is 23.7 Å². The summed E-state index contributed by atoms with van der Waals surface area (Å²) < 4.78 is 7.72. The highest BCUT2D eigenvalue weighted by molar-refractivity contribution is 14.0. The molecule has 1 heterocycles. The summed E-state index contributed by atoms with van der Waals surface area (Å²) in [5.41, 5.74) is 2.26.